The lowest BCUT2D eigenvalue weighted by Crippen LogP contribution is -3.15. The largest absolute Gasteiger partial charge is 0.481 e. The van der Waals surface area contributed by atoms with Crippen molar-refractivity contribution < 1.29 is 14.7 Å². The first-order chi connectivity index (χ1) is 9.90. The molecule has 0 aromatic heterocycles. The highest BCUT2D eigenvalue weighted by Crippen LogP contribution is 2.24. The Kier molecular flexibility index (Phi) is 5.32. The van der Waals surface area contributed by atoms with Gasteiger partial charge in [-0.25, -0.2) is 0 Å². The van der Waals surface area contributed by atoms with Gasteiger partial charge in [-0.2, -0.15) is 0 Å². The zero-order chi connectivity index (χ0) is 15.5. The molecular weight excluding hydrogens is 330 g/mol. The highest BCUT2D eigenvalue weighted by molar-refractivity contribution is 9.10. The Labute approximate surface area is 135 Å². The zero-order valence-electron chi connectivity index (χ0n) is 12.8. The van der Waals surface area contributed by atoms with Gasteiger partial charge in [-0.1, -0.05) is 34.7 Å². The molecule has 2 rings (SSSR count). The van der Waals surface area contributed by atoms with Gasteiger partial charge >= 0.3 is 0 Å². The van der Waals surface area contributed by atoms with Crippen molar-refractivity contribution in [1.82, 2.24) is 0 Å². The summed E-state index contributed by atoms with van der Waals surface area (Å²) in [5.74, 6) is 6.98. The number of benzene rings is 1. The number of rotatable bonds is 2. The van der Waals surface area contributed by atoms with Crippen molar-refractivity contribution in [2.75, 3.05) is 20.2 Å². The standard InChI is InChI=1S/C17H22BrNO2/c1-13-12-19(3)14(2)11-17(13,20)9-4-10-21-16-7-5-15(18)6-8-16/h5-8,13-14,20H,10-12H2,1-3H3/p+1/t13-,14+,17-/m1/s1. The molecule has 0 saturated carbocycles. The van der Waals surface area contributed by atoms with Gasteiger partial charge in [-0.15, -0.1) is 0 Å². The van der Waals surface area contributed by atoms with E-state index in [0.29, 0.717) is 19.1 Å². The minimum Gasteiger partial charge on any atom is -0.481 e. The van der Waals surface area contributed by atoms with E-state index in [2.05, 4.69) is 48.7 Å². The number of likely N-dealkylation sites (tertiary alicyclic amines) is 1. The van der Waals surface area contributed by atoms with Crippen molar-refractivity contribution in [3.8, 4) is 17.6 Å². The van der Waals surface area contributed by atoms with Crippen molar-refractivity contribution in [1.29, 1.82) is 0 Å². The normalized spacial score (nSPS) is 32.1. The Bertz CT molecular complexity index is 534. The van der Waals surface area contributed by atoms with E-state index in [1.807, 2.05) is 24.3 Å². The lowest BCUT2D eigenvalue weighted by Gasteiger charge is -2.40. The Morgan fingerprint density at radius 2 is 2.05 bits per heavy atom. The van der Waals surface area contributed by atoms with E-state index in [1.54, 1.807) is 0 Å². The Morgan fingerprint density at radius 3 is 2.71 bits per heavy atom. The van der Waals surface area contributed by atoms with E-state index in [-0.39, 0.29) is 5.92 Å². The molecule has 1 fully saturated rings. The molecule has 2 N–H and O–H groups in total. The molecule has 1 saturated heterocycles. The van der Waals surface area contributed by atoms with Crippen LogP contribution in [0.1, 0.15) is 20.3 Å². The quantitative estimate of drug-likeness (QED) is 0.791. The molecule has 1 aliphatic rings. The second-order valence-electron chi connectivity index (χ2n) is 6.03. The Balaban J connectivity index is 1.93. The van der Waals surface area contributed by atoms with Crippen LogP contribution >= 0.6 is 15.9 Å². The average Bonchev–Trinajstić information content (AvgIpc) is 2.44. The lowest BCUT2D eigenvalue weighted by molar-refractivity contribution is -0.915. The van der Waals surface area contributed by atoms with Crippen LogP contribution in [-0.4, -0.2) is 36.9 Å². The molecule has 0 amide bonds. The molecule has 0 radical (unpaired) electrons. The maximum atomic E-state index is 10.7. The Hall–Kier alpha value is -1.02. The van der Waals surface area contributed by atoms with Crippen molar-refractivity contribution in [3.05, 3.63) is 28.7 Å². The minimum atomic E-state index is -0.887. The average molecular weight is 353 g/mol. The Morgan fingerprint density at radius 1 is 1.38 bits per heavy atom. The van der Waals surface area contributed by atoms with Crippen LogP contribution in [0.5, 0.6) is 5.75 Å². The topological polar surface area (TPSA) is 33.9 Å². The van der Waals surface area contributed by atoms with Crippen molar-refractivity contribution >= 4 is 15.9 Å². The number of halogens is 1. The van der Waals surface area contributed by atoms with E-state index in [0.717, 1.165) is 16.8 Å². The molecule has 1 aromatic rings. The predicted molar refractivity (Wildman–Crippen MR) is 87.4 cm³/mol. The summed E-state index contributed by atoms with van der Waals surface area (Å²) < 4.78 is 6.59. The molecule has 114 valence electrons. The summed E-state index contributed by atoms with van der Waals surface area (Å²) in [6.45, 7) is 5.47. The monoisotopic (exact) mass is 352 g/mol. The van der Waals surface area contributed by atoms with Crippen molar-refractivity contribution in [2.45, 2.75) is 31.9 Å². The summed E-state index contributed by atoms with van der Waals surface area (Å²) in [5, 5.41) is 10.7. The van der Waals surface area contributed by atoms with Gasteiger partial charge in [0.25, 0.3) is 0 Å². The highest BCUT2D eigenvalue weighted by atomic mass is 79.9. The number of nitrogens with one attached hydrogen (secondary N) is 1. The summed E-state index contributed by atoms with van der Waals surface area (Å²) in [4.78, 5) is 1.46. The summed E-state index contributed by atoms with van der Waals surface area (Å²) in [7, 11) is 2.17. The molecule has 1 aromatic carbocycles. The molecule has 4 heteroatoms. The highest BCUT2D eigenvalue weighted by Gasteiger charge is 2.42. The van der Waals surface area contributed by atoms with E-state index in [9.17, 15) is 5.11 Å². The molecule has 1 unspecified atom stereocenters. The summed E-state index contributed by atoms with van der Waals surface area (Å²) in [5.41, 5.74) is -0.887. The van der Waals surface area contributed by atoms with Crippen LogP contribution in [0.3, 0.4) is 0 Å². The van der Waals surface area contributed by atoms with Gasteiger partial charge in [0.1, 0.15) is 18.0 Å². The lowest BCUT2D eigenvalue weighted by atomic mass is 9.80. The summed E-state index contributed by atoms with van der Waals surface area (Å²) >= 11 is 3.38. The SMILES string of the molecule is C[C@@H]1C[NH+](C)[C@@H](C)C[C@]1(O)C#CCOc1ccc(Br)cc1. The van der Waals surface area contributed by atoms with E-state index in [1.165, 1.54) is 4.90 Å². The fourth-order valence-electron chi connectivity index (χ4n) is 2.71. The third-order valence-corrected chi connectivity index (χ3v) is 4.86. The molecule has 0 aliphatic carbocycles. The van der Waals surface area contributed by atoms with Crippen LogP contribution < -0.4 is 9.64 Å². The van der Waals surface area contributed by atoms with Gasteiger partial charge in [-0.3, -0.25) is 0 Å². The van der Waals surface area contributed by atoms with Crippen LogP contribution in [0.15, 0.2) is 28.7 Å². The van der Waals surface area contributed by atoms with Gasteiger partial charge in [-0.05, 0) is 31.2 Å². The first-order valence-corrected chi connectivity index (χ1v) is 8.13. The van der Waals surface area contributed by atoms with Gasteiger partial charge in [0.05, 0.1) is 19.6 Å². The predicted octanol–water partition coefficient (Wildman–Crippen LogP) is 1.51. The smallest absolute Gasteiger partial charge is 0.149 e. The van der Waals surface area contributed by atoms with Crippen LogP contribution in [0, 0.1) is 17.8 Å². The van der Waals surface area contributed by atoms with Gasteiger partial charge in [0, 0.05) is 16.8 Å². The maximum Gasteiger partial charge on any atom is 0.149 e. The van der Waals surface area contributed by atoms with Gasteiger partial charge < -0.3 is 14.7 Å². The van der Waals surface area contributed by atoms with E-state index in [4.69, 9.17) is 4.74 Å². The summed E-state index contributed by atoms with van der Waals surface area (Å²) in [6.07, 6.45) is 0.714. The van der Waals surface area contributed by atoms with Gasteiger partial charge in [0.2, 0.25) is 0 Å². The first kappa shape index (κ1) is 16.4. The fraction of sp³-hybridized carbons (Fsp3) is 0.529. The molecule has 1 heterocycles. The number of aliphatic hydroxyl groups is 1. The molecule has 21 heavy (non-hydrogen) atoms. The molecule has 3 nitrogen and oxygen atoms in total. The van der Waals surface area contributed by atoms with Crippen LogP contribution in [-0.2, 0) is 0 Å². The van der Waals surface area contributed by atoms with Gasteiger partial charge in [0.15, 0.2) is 0 Å². The van der Waals surface area contributed by atoms with Crippen molar-refractivity contribution in [3.63, 3.8) is 0 Å². The van der Waals surface area contributed by atoms with Crippen LogP contribution in [0.2, 0.25) is 0 Å². The van der Waals surface area contributed by atoms with E-state index >= 15 is 0 Å². The second-order valence-corrected chi connectivity index (χ2v) is 6.94. The van der Waals surface area contributed by atoms with Crippen molar-refractivity contribution in [2.24, 2.45) is 5.92 Å². The molecule has 0 bridgehead atoms. The number of piperidine rings is 1. The minimum absolute atomic E-state index is 0.175. The number of ether oxygens (including phenoxy) is 1. The summed E-state index contributed by atoms with van der Waals surface area (Å²) in [6, 6.07) is 8.07. The number of hydrogen-bond acceptors (Lipinski definition) is 2. The third kappa shape index (κ3) is 4.23. The fourth-order valence-corrected chi connectivity index (χ4v) is 2.97. The zero-order valence-corrected chi connectivity index (χ0v) is 14.4. The molecular formula is C17H23BrNO2+. The molecule has 0 spiro atoms. The number of hydrogen-bond donors (Lipinski definition) is 2. The third-order valence-electron chi connectivity index (χ3n) is 4.33. The van der Waals surface area contributed by atoms with Crippen LogP contribution in [0.25, 0.3) is 0 Å². The van der Waals surface area contributed by atoms with Crippen LogP contribution in [0.4, 0.5) is 0 Å². The second kappa shape index (κ2) is 6.83. The molecule has 1 aliphatic heterocycles. The van der Waals surface area contributed by atoms with E-state index < -0.39 is 5.60 Å². The first-order valence-electron chi connectivity index (χ1n) is 7.34. The number of quaternary nitrogens is 1. The molecule has 4 atom stereocenters. The maximum absolute atomic E-state index is 10.7.